The molecule has 0 amide bonds. The molecule has 0 heterocycles. The van der Waals surface area contributed by atoms with Crippen molar-refractivity contribution in [3.63, 3.8) is 0 Å². The number of benzene rings is 1. The average Bonchev–Trinajstić information content (AvgIpc) is 1.85. The molecule has 1 aromatic carbocycles. The van der Waals surface area contributed by atoms with Gasteiger partial charge in [-0.2, -0.15) is 0 Å². The number of anilines is 2. The Morgan fingerprint density at radius 3 is 2.64 bits per heavy atom. The smallest absolute Gasteiger partial charge is 0.149 e. The van der Waals surface area contributed by atoms with E-state index in [9.17, 15) is 4.39 Å². The van der Waals surface area contributed by atoms with Gasteiger partial charge in [0.1, 0.15) is 5.82 Å². The van der Waals surface area contributed by atoms with E-state index in [1.807, 2.05) is 22.6 Å². The van der Waals surface area contributed by atoms with Crippen molar-refractivity contribution in [2.24, 2.45) is 0 Å². The first-order chi connectivity index (χ1) is 5.15. The number of halogens is 2. The molecule has 1 aromatic rings. The van der Waals surface area contributed by atoms with Crippen LogP contribution in [0.1, 0.15) is 0 Å². The van der Waals surface area contributed by atoms with E-state index in [1.165, 1.54) is 6.07 Å². The summed E-state index contributed by atoms with van der Waals surface area (Å²) in [7, 11) is 1.64. The van der Waals surface area contributed by atoms with Crippen molar-refractivity contribution >= 4 is 34.0 Å². The van der Waals surface area contributed by atoms with Gasteiger partial charge >= 0.3 is 0 Å². The second-order valence-electron chi connectivity index (χ2n) is 2.10. The van der Waals surface area contributed by atoms with Crippen molar-refractivity contribution in [3.8, 4) is 0 Å². The highest BCUT2D eigenvalue weighted by Crippen LogP contribution is 2.24. The van der Waals surface area contributed by atoms with Gasteiger partial charge in [0.15, 0.2) is 0 Å². The minimum atomic E-state index is -0.308. The van der Waals surface area contributed by atoms with Crippen LogP contribution in [0, 0.1) is 9.39 Å². The van der Waals surface area contributed by atoms with E-state index < -0.39 is 0 Å². The summed E-state index contributed by atoms with van der Waals surface area (Å²) in [6.45, 7) is 0. The molecule has 60 valence electrons. The quantitative estimate of drug-likeness (QED) is 0.603. The number of nitrogens with one attached hydrogen (secondary N) is 1. The molecule has 0 fully saturated rings. The molecule has 0 bridgehead atoms. The average molecular weight is 266 g/mol. The molecule has 0 spiro atoms. The molecule has 1 rings (SSSR count). The van der Waals surface area contributed by atoms with Gasteiger partial charge in [-0.25, -0.2) is 4.39 Å². The molecule has 0 saturated carbocycles. The monoisotopic (exact) mass is 266 g/mol. The molecule has 0 aliphatic carbocycles. The Hall–Kier alpha value is -0.520. The highest BCUT2D eigenvalue weighted by Gasteiger charge is 2.04. The molecule has 11 heavy (non-hydrogen) atoms. The summed E-state index contributed by atoms with van der Waals surface area (Å²) in [5, 5.41) is 2.69. The SMILES string of the molecule is CNc1c(N)cc(I)cc1F. The van der Waals surface area contributed by atoms with Crippen molar-refractivity contribution < 1.29 is 4.39 Å². The van der Waals surface area contributed by atoms with Crippen LogP contribution in [-0.4, -0.2) is 7.05 Å². The second-order valence-corrected chi connectivity index (χ2v) is 3.35. The van der Waals surface area contributed by atoms with Crippen LogP contribution in [0.5, 0.6) is 0 Å². The lowest BCUT2D eigenvalue weighted by Crippen LogP contribution is -1.99. The van der Waals surface area contributed by atoms with Crippen molar-refractivity contribution in [2.45, 2.75) is 0 Å². The number of nitrogen functional groups attached to an aromatic ring is 1. The fraction of sp³-hybridized carbons (Fsp3) is 0.143. The summed E-state index contributed by atoms with van der Waals surface area (Å²) in [5.74, 6) is -0.308. The van der Waals surface area contributed by atoms with Gasteiger partial charge in [0.2, 0.25) is 0 Å². The maximum absolute atomic E-state index is 13.0. The van der Waals surface area contributed by atoms with Crippen molar-refractivity contribution in [1.29, 1.82) is 0 Å². The maximum atomic E-state index is 13.0. The summed E-state index contributed by atoms with van der Waals surface area (Å²) < 4.78 is 13.8. The molecule has 0 aliphatic rings. The molecule has 0 radical (unpaired) electrons. The second kappa shape index (κ2) is 3.25. The van der Waals surface area contributed by atoms with Crippen LogP contribution in [0.3, 0.4) is 0 Å². The molecule has 3 N–H and O–H groups in total. The zero-order valence-corrected chi connectivity index (χ0v) is 8.15. The summed E-state index contributed by atoms with van der Waals surface area (Å²) in [5.41, 5.74) is 6.33. The lowest BCUT2D eigenvalue weighted by Gasteiger charge is -2.05. The van der Waals surface area contributed by atoms with E-state index in [0.717, 1.165) is 3.57 Å². The van der Waals surface area contributed by atoms with Gasteiger partial charge in [-0.1, -0.05) is 0 Å². The third-order valence-corrected chi connectivity index (χ3v) is 1.96. The third kappa shape index (κ3) is 1.74. The maximum Gasteiger partial charge on any atom is 0.149 e. The van der Waals surface area contributed by atoms with E-state index >= 15 is 0 Å². The van der Waals surface area contributed by atoms with Gasteiger partial charge in [-0.3, -0.25) is 0 Å². The predicted molar refractivity (Wildman–Crippen MR) is 53.1 cm³/mol. The Labute approximate surface area is 78.1 Å². The molecule has 0 aromatic heterocycles. The molecule has 0 unspecified atom stereocenters. The van der Waals surface area contributed by atoms with Gasteiger partial charge in [0.05, 0.1) is 11.4 Å². The number of hydrogen-bond donors (Lipinski definition) is 2. The van der Waals surface area contributed by atoms with E-state index in [4.69, 9.17) is 5.73 Å². The fourth-order valence-corrected chi connectivity index (χ4v) is 1.47. The Morgan fingerprint density at radius 1 is 1.55 bits per heavy atom. The molecular weight excluding hydrogens is 258 g/mol. The standard InChI is InChI=1S/C7H8FIN2/c1-11-7-5(8)2-4(9)3-6(7)10/h2-3,11H,10H2,1H3. The van der Waals surface area contributed by atoms with Gasteiger partial charge in [-0.15, -0.1) is 0 Å². The van der Waals surface area contributed by atoms with Gasteiger partial charge in [0, 0.05) is 10.6 Å². The zero-order valence-electron chi connectivity index (χ0n) is 5.99. The van der Waals surface area contributed by atoms with Crippen LogP contribution in [0.15, 0.2) is 12.1 Å². The zero-order chi connectivity index (χ0) is 8.43. The topological polar surface area (TPSA) is 38.0 Å². The first-order valence-electron chi connectivity index (χ1n) is 3.07. The summed E-state index contributed by atoms with van der Waals surface area (Å²) in [6.07, 6.45) is 0. The first kappa shape index (κ1) is 8.58. The summed E-state index contributed by atoms with van der Waals surface area (Å²) in [4.78, 5) is 0. The highest BCUT2D eigenvalue weighted by atomic mass is 127. The molecule has 2 nitrogen and oxygen atoms in total. The number of rotatable bonds is 1. The predicted octanol–water partition coefficient (Wildman–Crippen LogP) is 2.05. The lowest BCUT2D eigenvalue weighted by atomic mass is 10.2. The van der Waals surface area contributed by atoms with E-state index in [-0.39, 0.29) is 5.82 Å². The van der Waals surface area contributed by atoms with E-state index in [0.29, 0.717) is 11.4 Å². The number of hydrogen-bond acceptors (Lipinski definition) is 2. The van der Waals surface area contributed by atoms with Crippen molar-refractivity contribution in [2.75, 3.05) is 18.1 Å². The molecule has 0 aliphatic heterocycles. The Bertz CT molecular complexity index is 252. The van der Waals surface area contributed by atoms with E-state index in [1.54, 1.807) is 13.1 Å². The van der Waals surface area contributed by atoms with E-state index in [2.05, 4.69) is 5.32 Å². The van der Waals surface area contributed by atoms with Crippen LogP contribution in [0.4, 0.5) is 15.8 Å². The van der Waals surface area contributed by atoms with Crippen LogP contribution in [0.25, 0.3) is 0 Å². The van der Waals surface area contributed by atoms with Gasteiger partial charge in [-0.05, 0) is 34.7 Å². The minimum absolute atomic E-state index is 0.308. The first-order valence-corrected chi connectivity index (χ1v) is 4.15. The Balaban J connectivity index is 3.25. The summed E-state index contributed by atoms with van der Waals surface area (Å²) >= 11 is 2.02. The highest BCUT2D eigenvalue weighted by molar-refractivity contribution is 14.1. The van der Waals surface area contributed by atoms with Gasteiger partial charge < -0.3 is 11.1 Å². The molecule has 0 saturated heterocycles. The normalized spacial score (nSPS) is 9.73. The fourth-order valence-electron chi connectivity index (χ4n) is 0.857. The van der Waals surface area contributed by atoms with Crippen LogP contribution in [-0.2, 0) is 0 Å². The molecule has 0 atom stereocenters. The number of nitrogens with two attached hydrogens (primary N) is 1. The Kier molecular flexibility index (Phi) is 2.53. The van der Waals surface area contributed by atoms with Crippen molar-refractivity contribution in [1.82, 2.24) is 0 Å². The minimum Gasteiger partial charge on any atom is -0.397 e. The van der Waals surface area contributed by atoms with Crippen molar-refractivity contribution in [3.05, 3.63) is 21.5 Å². The Morgan fingerprint density at radius 2 is 2.18 bits per heavy atom. The lowest BCUT2D eigenvalue weighted by molar-refractivity contribution is 0.631. The van der Waals surface area contributed by atoms with Crippen LogP contribution in [0.2, 0.25) is 0 Å². The van der Waals surface area contributed by atoms with Crippen LogP contribution >= 0.6 is 22.6 Å². The largest absolute Gasteiger partial charge is 0.397 e. The third-order valence-electron chi connectivity index (χ3n) is 1.34. The van der Waals surface area contributed by atoms with Crippen LogP contribution < -0.4 is 11.1 Å². The molecule has 4 heteroatoms. The van der Waals surface area contributed by atoms with Gasteiger partial charge in [0.25, 0.3) is 0 Å². The molecular formula is C7H8FIN2. The summed E-state index contributed by atoms with van der Waals surface area (Å²) in [6, 6.07) is 3.15.